The number of rotatable bonds is 5. The number of pyridine rings is 1. The Morgan fingerprint density at radius 1 is 1.32 bits per heavy atom. The zero-order chi connectivity index (χ0) is 20.6. The summed E-state index contributed by atoms with van der Waals surface area (Å²) < 4.78 is 25.7. The summed E-state index contributed by atoms with van der Waals surface area (Å²) in [6.07, 6.45) is 0.582. The molecule has 1 fully saturated rings. The van der Waals surface area contributed by atoms with Crippen molar-refractivity contribution < 1.29 is 13.2 Å². The van der Waals surface area contributed by atoms with Crippen molar-refractivity contribution in [2.24, 2.45) is 0 Å². The molecule has 2 aromatic heterocycles. The van der Waals surface area contributed by atoms with Crippen LogP contribution in [0.5, 0.6) is 0 Å². The number of ketones is 1. The minimum atomic E-state index is -3.00. The number of hydrogen-bond donors (Lipinski definition) is 0. The normalized spacial score (nSPS) is 18.2. The molecule has 2 aromatic rings. The first-order chi connectivity index (χ1) is 13.1. The van der Waals surface area contributed by atoms with Gasteiger partial charge in [0, 0.05) is 28.7 Å². The summed E-state index contributed by atoms with van der Waals surface area (Å²) >= 11 is 1.27. The highest BCUT2D eigenvalue weighted by Gasteiger charge is 2.31. The number of carbonyl (C=O) groups is 1. The topological polar surface area (TPSA) is 92.8 Å². The molecule has 3 rings (SSSR count). The molecule has 1 aliphatic heterocycles. The lowest BCUT2D eigenvalue weighted by molar-refractivity contribution is 0.102. The Bertz CT molecular complexity index is 1090. The number of carbonyl (C=O) groups excluding carboxylic acids is 1. The van der Waals surface area contributed by atoms with Crippen LogP contribution in [0.1, 0.15) is 51.0 Å². The van der Waals surface area contributed by atoms with Crippen molar-refractivity contribution in [1.82, 2.24) is 9.55 Å². The molecule has 0 saturated carbocycles. The first-order valence-electron chi connectivity index (χ1n) is 9.06. The molecule has 1 saturated heterocycles. The van der Waals surface area contributed by atoms with Gasteiger partial charge in [0.05, 0.1) is 22.8 Å². The third-order valence-corrected chi connectivity index (χ3v) is 7.85. The SMILES string of the molecule is Cc1cc(C)c(C#N)c(SCC(=O)c2cc(C)n([C@H]3CCS(=O)(=O)C3)c2C)n1. The third kappa shape index (κ3) is 4.01. The van der Waals surface area contributed by atoms with E-state index in [0.717, 1.165) is 22.6 Å². The predicted molar refractivity (Wildman–Crippen MR) is 110 cm³/mol. The summed E-state index contributed by atoms with van der Waals surface area (Å²) in [5.74, 6) is 0.458. The van der Waals surface area contributed by atoms with E-state index in [0.29, 0.717) is 22.6 Å². The van der Waals surface area contributed by atoms with Crippen molar-refractivity contribution in [1.29, 1.82) is 5.26 Å². The van der Waals surface area contributed by atoms with Gasteiger partial charge < -0.3 is 4.57 Å². The van der Waals surface area contributed by atoms with Crippen molar-refractivity contribution >= 4 is 27.4 Å². The molecule has 0 amide bonds. The van der Waals surface area contributed by atoms with Gasteiger partial charge in [-0.2, -0.15) is 5.26 Å². The van der Waals surface area contributed by atoms with Gasteiger partial charge in [-0.25, -0.2) is 13.4 Å². The van der Waals surface area contributed by atoms with Crippen molar-refractivity contribution in [2.45, 2.75) is 45.2 Å². The second-order valence-electron chi connectivity index (χ2n) is 7.30. The molecule has 6 nitrogen and oxygen atoms in total. The molecular formula is C20H23N3O3S2. The van der Waals surface area contributed by atoms with E-state index < -0.39 is 9.84 Å². The quantitative estimate of drug-likeness (QED) is 0.547. The smallest absolute Gasteiger partial charge is 0.174 e. The molecule has 3 heterocycles. The molecule has 0 bridgehead atoms. The molecule has 1 aliphatic rings. The highest BCUT2D eigenvalue weighted by atomic mass is 32.2. The Labute approximate surface area is 169 Å². The first kappa shape index (κ1) is 20.6. The number of sulfone groups is 1. The summed E-state index contributed by atoms with van der Waals surface area (Å²) in [6, 6.07) is 5.75. The van der Waals surface area contributed by atoms with E-state index in [1.54, 1.807) is 0 Å². The molecule has 148 valence electrons. The summed E-state index contributed by atoms with van der Waals surface area (Å²) in [4.78, 5) is 17.3. The van der Waals surface area contributed by atoms with Crippen LogP contribution >= 0.6 is 11.8 Å². The van der Waals surface area contributed by atoms with Crippen LogP contribution < -0.4 is 0 Å². The molecule has 0 aliphatic carbocycles. The predicted octanol–water partition coefficient (Wildman–Crippen LogP) is 3.32. The highest BCUT2D eigenvalue weighted by molar-refractivity contribution is 8.00. The monoisotopic (exact) mass is 417 g/mol. The van der Waals surface area contributed by atoms with Gasteiger partial charge in [0.25, 0.3) is 0 Å². The van der Waals surface area contributed by atoms with Gasteiger partial charge in [-0.3, -0.25) is 4.79 Å². The van der Waals surface area contributed by atoms with E-state index in [9.17, 15) is 18.5 Å². The lowest BCUT2D eigenvalue weighted by Crippen LogP contribution is -2.14. The van der Waals surface area contributed by atoms with Crippen molar-refractivity contribution in [3.8, 4) is 6.07 Å². The maximum Gasteiger partial charge on any atom is 0.174 e. The van der Waals surface area contributed by atoms with Crippen LogP contribution in [0.25, 0.3) is 0 Å². The molecule has 0 aromatic carbocycles. The van der Waals surface area contributed by atoms with Crippen LogP contribution in [-0.4, -0.2) is 41.0 Å². The molecule has 0 unspecified atom stereocenters. The highest BCUT2D eigenvalue weighted by Crippen LogP contribution is 2.30. The van der Waals surface area contributed by atoms with Gasteiger partial charge in [-0.05, 0) is 51.8 Å². The second kappa shape index (κ2) is 7.72. The average Bonchev–Trinajstić information content (AvgIpc) is 3.10. The Balaban J connectivity index is 1.82. The van der Waals surface area contributed by atoms with Gasteiger partial charge in [-0.1, -0.05) is 11.8 Å². The van der Waals surface area contributed by atoms with Crippen LogP contribution in [0, 0.1) is 39.0 Å². The maximum absolute atomic E-state index is 12.9. The van der Waals surface area contributed by atoms with Crippen LogP contribution in [0.2, 0.25) is 0 Å². The van der Waals surface area contributed by atoms with E-state index in [1.165, 1.54) is 11.8 Å². The Kier molecular flexibility index (Phi) is 5.69. The Morgan fingerprint density at radius 3 is 2.64 bits per heavy atom. The molecule has 1 atom stereocenters. The van der Waals surface area contributed by atoms with Crippen molar-refractivity contribution in [2.75, 3.05) is 17.3 Å². The van der Waals surface area contributed by atoms with E-state index in [-0.39, 0.29) is 29.1 Å². The number of aryl methyl sites for hydroxylation is 3. The van der Waals surface area contributed by atoms with Gasteiger partial charge in [0.15, 0.2) is 15.6 Å². The van der Waals surface area contributed by atoms with Crippen molar-refractivity contribution in [3.05, 3.63) is 45.9 Å². The molecular weight excluding hydrogens is 394 g/mol. The minimum Gasteiger partial charge on any atom is -0.344 e. The summed E-state index contributed by atoms with van der Waals surface area (Å²) in [5, 5.41) is 9.95. The standard InChI is InChI=1S/C20H23N3O3S2/c1-12-7-13(2)22-20(18(12)9-21)27-10-19(24)17-8-14(3)23(15(17)4)16-5-6-28(25,26)11-16/h7-8,16H,5-6,10-11H2,1-4H3/t16-/m0/s1. The lowest BCUT2D eigenvalue weighted by Gasteiger charge is -2.16. The van der Waals surface area contributed by atoms with Gasteiger partial charge in [0.1, 0.15) is 11.1 Å². The molecule has 28 heavy (non-hydrogen) atoms. The lowest BCUT2D eigenvalue weighted by atomic mass is 10.1. The fourth-order valence-corrected chi connectivity index (χ4v) is 6.54. The largest absolute Gasteiger partial charge is 0.344 e. The fraction of sp³-hybridized carbons (Fsp3) is 0.450. The molecule has 8 heteroatoms. The Hall–Kier alpha value is -2.11. The number of thioether (sulfide) groups is 1. The van der Waals surface area contributed by atoms with Crippen LogP contribution in [0.4, 0.5) is 0 Å². The Morgan fingerprint density at radius 2 is 2.04 bits per heavy atom. The molecule has 0 radical (unpaired) electrons. The second-order valence-corrected chi connectivity index (χ2v) is 10.5. The molecule has 0 N–H and O–H groups in total. The summed E-state index contributed by atoms with van der Waals surface area (Å²) in [6.45, 7) is 7.50. The minimum absolute atomic E-state index is 0.0462. The van der Waals surface area contributed by atoms with E-state index in [2.05, 4.69) is 11.1 Å². The zero-order valence-electron chi connectivity index (χ0n) is 16.4. The average molecular weight is 418 g/mol. The van der Waals surface area contributed by atoms with E-state index in [4.69, 9.17) is 0 Å². The number of Topliss-reactive ketones (excluding diaryl/α,β-unsaturated/α-hetero) is 1. The number of nitriles is 1. The van der Waals surface area contributed by atoms with E-state index >= 15 is 0 Å². The zero-order valence-corrected chi connectivity index (χ0v) is 18.1. The molecule has 0 spiro atoms. The van der Waals surface area contributed by atoms with Crippen LogP contribution in [0.15, 0.2) is 17.2 Å². The summed E-state index contributed by atoms with van der Waals surface area (Å²) in [5.41, 5.74) is 4.48. The number of aromatic nitrogens is 2. The fourth-order valence-electron chi connectivity index (χ4n) is 3.85. The van der Waals surface area contributed by atoms with Crippen molar-refractivity contribution in [3.63, 3.8) is 0 Å². The number of nitrogens with zero attached hydrogens (tertiary/aromatic N) is 3. The van der Waals surface area contributed by atoms with Gasteiger partial charge >= 0.3 is 0 Å². The summed E-state index contributed by atoms with van der Waals surface area (Å²) in [7, 11) is -3.00. The van der Waals surface area contributed by atoms with Gasteiger partial charge in [-0.15, -0.1) is 0 Å². The number of hydrogen-bond acceptors (Lipinski definition) is 6. The third-order valence-electron chi connectivity index (χ3n) is 5.12. The van der Waals surface area contributed by atoms with E-state index in [1.807, 2.05) is 44.4 Å². The first-order valence-corrected chi connectivity index (χ1v) is 11.9. The van der Waals surface area contributed by atoms with Crippen LogP contribution in [-0.2, 0) is 9.84 Å². The van der Waals surface area contributed by atoms with Gasteiger partial charge in [0.2, 0.25) is 0 Å². The maximum atomic E-state index is 12.9. The van der Waals surface area contributed by atoms with Crippen LogP contribution in [0.3, 0.4) is 0 Å².